The molecule has 6 nitrogen and oxygen atoms in total. The predicted molar refractivity (Wildman–Crippen MR) is 55.3 cm³/mol. The third-order valence-electron chi connectivity index (χ3n) is 2.62. The minimum absolute atomic E-state index is 0.0512. The Kier molecular flexibility index (Phi) is 5.12. The average molecular weight is 285 g/mol. The normalized spacial score (nSPS) is 23.4. The number of amides is 1. The molecule has 0 aliphatic carbocycles. The highest BCUT2D eigenvalue weighted by molar-refractivity contribution is 5.82. The molecule has 0 aromatic heterocycles. The monoisotopic (exact) mass is 285 g/mol. The number of hydrogen-bond acceptors (Lipinski definition) is 4. The van der Waals surface area contributed by atoms with Crippen LogP contribution in [0.4, 0.5) is 13.2 Å². The number of carboxylic acid groups (broad SMARTS) is 1. The van der Waals surface area contributed by atoms with Gasteiger partial charge in [0.25, 0.3) is 5.91 Å². The molecular weight excluding hydrogens is 271 g/mol. The molecule has 1 heterocycles. The summed E-state index contributed by atoms with van der Waals surface area (Å²) in [5.74, 6) is -2.20. The van der Waals surface area contributed by atoms with Gasteiger partial charge in [-0.2, -0.15) is 13.2 Å². The van der Waals surface area contributed by atoms with Gasteiger partial charge < -0.3 is 19.8 Å². The number of aliphatic hydroxyl groups excluding tert-OH is 1. The molecular formula is C10H14F3NO5. The Labute approximate surface area is 106 Å². The summed E-state index contributed by atoms with van der Waals surface area (Å²) < 4.78 is 41.7. The van der Waals surface area contributed by atoms with Crippen LogP contribution in [0.15, 0.2) is 0 Å². The second kappa shape index (κ2) is 6.20. The van der Waals surface area contributed by atoms with Crippen LogP contribution in [0, 0.1) is 0 Å². The first-order valence-electron chi connectivity index (χ1n) is 5.59. The van der Waals surface area contributed by atoms with Crippen LogP contribution in [0.5, 0.6) is 0 Å². The first kappa shape index (κ1) is 15.7. The molecule has 0 aromatic rings. The van der Waals surface area contributed by atoms with E-state index in [1.54, 1.807) is 0 Å². The lowest BCUT2D eigenvalue weighted by molar-refractivity contribution is -0.170. The van der Waals surface area contributed by atoms with Crippen LogP contribution in [0.1, 0.15) is 12.8 Å². The first-order valence-corrected chi connectivity index (χ1v) is 5.59. The van der Waals surface area contributed by atoms with E-state index in [0.29, 0.717) is 4.90 Å². The van der Waals surface area contributed by atoms with Gasteiger partial charge in [-0.3, -0.25) is 4.79 Å². The molecule has 110 valence electrons. The van der Waals surface area contributed by atoms with Crippen molar-refractivity contribution in [2.24, 2.45) is 0 Å². The van der Waals surface area contributed by atoms with Crippen molar-refractivity contribution in [1.82, 2.24) is 4.90 Å². The summed E-state index contributed by atoms with van der Waals surface area (Å²) in [5, 5.41) is 17.3. The van der Waals surface area contributed by atoms with Gasteiger partial charge in [0, 0.05) is 6.54 Å². The van der Waals surface area contributed by atoms with Gasteiger partial charge in [-0.1, -0.05) is 0 Å². The topological polar surface area (TPSA) is 87.1 Å². The lowest BCUT2D eigenvalue weighted by atomic mass is 10.2. The molecule has 0 aromatic carbocycles. The number of carbonyl (C=O) groups excluding carboxylic acids is 1. The number of rotatable bonds is 5. The number of alkyl halides is 3. The highest BCUT2D eigenvalue weighted by Gasteiger charge is 2.40. The molecule has 1 amide bonds. The Bertz CT molecular complexity index is 347. The van der Waals surface area contributed by atoms with Crippen molar-refractivity contribution >= 4 is 11.9 Å². The summed E-state index contributed by atoms with van der Waals surface area (Å²) in [6.07, 6.45) is -6.83. The molecule has 0 radical (unpaired) electrons. The molecule has 2 atom stereocenters. The predicted octanol–water partition coefficient (Wildman–Crippen LogP) is 0.00180. The van der Waals surface area contributed by atoms with Gasteiger partial charge in [0.1, 0.15) is 12.6 Å². The fraction of sp³-hybridized carbons (Fsp3) is 0.800. The van der Waals surface area contributed by atoms with E-state index < -0.39 is 50.0 Å². The Morgan fingerprint density at radius 3 is 2.26 bits per heavy atom. The maximum Gasteiger partial charge on any atom is 0.406 e. The fourth-order valence-electron chi connectivity index (χ4n) is 1.81. The molecule has 2 N–H and O–H groups in total. The van der Waals surface area contributed by atoms with Crippen molar-refractivity contribution in [3.63, 3.8) is 0 Å². The first-order chi connectivity index (χ1) is 8.74. The van der Waals surface area contributed by atoms with E-state index in [4.69, 9.17) is 14.9 Å². The molecule has 1 saturated heterocycles. The molecule has 1 aliphatic rings. The third kappa shape index (κ3) is 4.67. The second-order valence-electron chi connectivity index (χ2n) is 4.13. The van der Waals surface area contributed by atoms with E-state index in [9.17, 15) is 22.8 Å². The van der Waals surface area contributed by atoms with Crippen LogP contribution < -0.4 is 0 Å². The van der Waals surface area contributed by atoms with Crippen molar-refractivity contribution in [2.45, 2.75) is 31.2 Å². The molecule has 0 bridgehead atoms. The minimum Gasteiger partial charge on any atom is -0.479 e. The van der Waals surface area contributed by atoms with Crippen LogP contribution >= 0.6 is 0 Å². The fourth-order valence-corrected chi connectivity index (χ4v) is 1.81. The summed E-state index contributed by atoms with van der Waals surface area (Å²) in [4.78, 5) is 22.8. The van der Waals surface area contributed by atoms with E-state index >= 15 is 0 Å². The van der Waals surface area contributed by atoms with E-state index in [0.717, 1.165) is 0 Å². The summed E-state index contributed by atoms with van der Waals surface area (Å²) in [6.45, 7) is -2.59. The molecule has 2 unspecified atom stereocenters. The number of nitrogens with zero attached hydrogens (tertiary/aromatic N) is 1. The standard InChI is InChI=1S/C10H14F3NO5/c11-10(12,13)5-14(3-4-15)8(16)6-1-2-7(19-6)9(17)18/h6-7,15H,1-5H2,(H,17,18). The number of ether oxygens (including phenoxy) is 1. The van der Waals surface area contributed by atoms with Crippen LogP contribution in [0.3, 0.4) is 0 Å². The van der Waals surface area contributed by atoms with Crippen LogP contribution in [0.2, 0.25) is 0 Å². The van der Waals surface area contributed by atoms with E-state index in [2.05, 4.69) is 0 Å². The van der Waals surface area contributed by atoms with Crippen molar-refractivity contribution in [2.75, 3.05) is 19.7 Å². The van der Waals surface area contributed by atoms with Gasteiger partial charge in [0.15, 0.2) is 6.10 Å². The molecule has 0 saturated carbocycles. The van der Waals surface area contributed by atoms with Crippen LogP contribution in [-0.4, -0.2) is 65.1 Å². The van der Waals surface area contributed by atoms with E-state index in [1.807, 2.05) is 0 Å². The molecule has 1 rings (SSSR count). The van der Waals surface area contributed by atoms with Crippen molar-refractivity contribution < 1.29 is 37.7 Å². The maximum absolute atomic E-state index is 12.3. The minimum atomic E-state index is -4.59. The van der Waals surface area contributed by atoms with Gasteiger partial charge in [-0.05, 0) is 12.8 Å². The molecule has 1 fully saturated rings. The number of aliphatic carboxylic acids is 1. The number of halogens is 3. The molecule has 0 spiro atoms. The van der Waals surface area contributed by atoms with Crippen LogP contribution in [0.25, 0.3) is 0 Å². The van der Waals surface area contributed by atoms with Crippen LogP contribution in [-0.2, 0) is 14.3 Å². The smallest absolute Gasteiger partial charge is 0.406 e. The number of aliphatic hydroxyl groups is 1. The lowest BCUT2D eigenvalue weighted by Crippen LogP contribution is -2.45. The summed E-state index contributed by atoms with van der Waals surface area (Å²) in [7, 11) is 0. The number of carboxylic acids is 1. The SMILES string of the molecule is O=C(O)C1CCC(C(=O)N(CCO)CC(F)(F)F)O1. The van der Waals surface area contributed by atoms with Crippen molar-refractivity contribution in [1.29, 1.82) is 0 Å². The van der Waals surface area contributed by atoms with Gasteiger partial charge in [0.05, 0.1) is 6.61 Å². The summed E-state index contributed by atoms with van der Waals surface area (Å²) >= 11 is 0. The van der Waals surface area contributed by atoms with Gasteiger partial charge >= 0.3 is 12.1 Å². The average Bonchev–Trinajstić information content (AvgIpc) is 2.75. The highest BCUT2D eigenvalue weighted by atomic mass is 19.4. The van der Waals surface area contributed by atoms with Gasteiger partial charge in [-0.25, -0.2) is 4.79 Å². The van der Waals surface area contributed by atoms with Crippen molar-refractivity contribution in [3.8, 4) is 0 Å². The zero-order chi connectivity index (χ0) is 14.6. The Morgan fingerprint density at radius 2 is 1.84 bits per heavy atom. The maximum atomic E-state index is 12.3. The number of hydrogen-bond donors (Lipinski definition) is 2. The van der Waals surface area contributed by atoms with Gasteiger partial charge in [0.2, 0.25) is 0 Å². The zero-order valence-electron chi connectivity index (χ0n) is 9.89. The lowest BCUT2D eigenvalue weighted by Gasteiger charge is -2.25. The van der Waals surface area contributed by atoms with Gasteiger partial charge in [-0.15, -0.1) is 0 Å². The van der Waals surface area contributed by atoms with E-state index in [-0.39, 0.29) is 12.8 Å². The highest BCUT2D eigenvalue weighted by Crippen LogP contribution is 2.23. The molecule has 1 aliphatic heterocycles. The van der Waals surface area contributed by atoms with E-state index in [1.165, 1.54) is 0 Å². The number of carbonyl (C=O) groups is 2. The summed E-state index contributed by atoms with van der Waals surface area (Å²) in [5.41, 5.74) is 0. The zero-order valence-corrected chi connectivity index (χ0v) is 9.89. The molecule has 9 heteroatoms. The third-order valence-corrected chi connectivity index (χ3v) is 2.62. The Balaban J connectivity index is 2.65. The largest absolute Gasteiger partial charge is 0.479 e. The van der Waals surface area contributed by atoms with Crippen molar-refractivity contribution in [3.05, 3.63) is 0 Å². The molecule has 19 heavy (non-hydrogen) atoms. The quantitative estimate of drug-likeness (QED) is 0.742. The summed E-state index contributed by atoms with van der Waals surface area (Å²) in [6, 6.07) is 0. The Hall–Kier alpha value is -1.35. The Morgan fingerprint density at radius 1 is 1.26 bits per heavy atom. The second-order valence-corrected chi connectivity index (χ2v) is 4.13.